The first kappa shape index (κ1) is 24.9. The number of primary amides is 1. The maximum Gasteiger partial charge on any atom is 0.244 e. The molecule has 0 saturated carbocycles. The van der Waals surface area contributed by atoms with E-state index in [1.807, 2.05) is 0 Å². The molecule has 0 bridgehead atoms. The average Bonchev–Trinajstić information content (AvgIpc) is 3.17. The smallest absolute Gasteiger partial charge is 0.244 e. The SMILES string of the molecule is CC(C)N1CCC(N2CCC(N(CC(N)=O)S(=O)(=O)c3ccc4cc(Cl)ccc4c3)C2=O)CC1. The second kappa shape index (κ2) is 9.81. The molecule has 10 heteroatoms. The van der Waals surface area contributed by atoms with Gasteiger partial charge in [0.1, 0.15) is 6.04 Å². The monoisotopic (exact) mass is 506 g/mol. The van der Waals surface area contributed by atoms with E-state index >= 15 is 0 Å². The fourth-order valence-corrected chi connectivity index (χ4v) is 6.83. The Morgan fingerprint density at radius 1 is 1.09 bits per heavy atom. The Kier molecular flexibility index (Phi) is 7.19. The maximum absolute atomic E-state index is 13.6. The van der Waals surface area contributed by atoms with Crippen LogP contribution >= 0.6 is 11.6 Å². The molecule has 2 N–H and O–H groups in total. The number of carbonyl (C=O) groups is 2. The van der Waals surface area contributed by atoms with Gasteiger partial charge in [0, 0.05) is 36.7 Å². The van der Waals surface area contributed by atoms with Gasteiger partial charge in [0.25, 0.3) is 0 Å². The second-order valence-electron chi connectivity index (χ2n) is 9.37. The van der Waals surface area contributed by atoms with Crippen LogP contribution in [-0.4, -0.2) is 78.6 Å². The topological polar surface area (TPSA) is 104 Å². The molecule has 34 heavy (non-hydrogen) atoms. The summed E-state index contributed by atoms with van der Waals surface area (Å²) < 4.78 is 28.2. The van der Waals surface area contributed by atoms with Crippen LogP contribution in [0.5, 0.6) is 0 Å². The van der Waals surface area contributed by atoms with Crippen molar-refractivity contribution in [1.29, 1.82) is 0 Å². The Bertz CT molecular complexity index is 1190. The highest BCUT2D eigenvalue weighted by molar-refractivity contribution is 7.89. The number of hydrogen-bond donors (Lipinski definition) is 1. The molecule has 1 atom stereocenters. The normalized spacial score (nSPS) is 20.7. The lowest BCUT2D eigenvalue weighted by Gasteiger charge is -2.38. The van der Waals surface area contributed by atoms with E-state index in [2.05, 4.69) is 18.7 Å². The van der Waals surface area contributed by atoms with Crippen molar-refractivity contribution in [2.75, 3.05) is 26.2 Å². The van der Waals surface area contributed by atoms with Crippen molar-refractivity contribution in [2.24, 2.45) is 5.73 Å². The highest BCUT2D eigenvalue weighted by Crippen LogP contribution is 2.30. The average molecular weight is 507 g/mol. The molecule has 1 unspecified atom stereocenters. The zero-order valence-corrected chi connectivity index (χ0v) is 21.1. The number of fused-ring (bicyclic) bond motifs is 1. The van der Waals surface area contributed by atoms with Gasteiger partial charge in [0.2, 0.25) is 21.8 Å². The predicted octanol–water partition coefficient (Wildman–Crippen LogP) is 2.44. The lowest BCUT2D eigenvalue weighted by atomic mass is 10.0. The van der Waals surface area contributed by atoms with Crippen LogP contribution in [0.15, 0.2) is 41.3 Å². The first-order valence-corrected chi connectivity index (χ1v) is 13.4. The van der Waals surface area contributed by atoms with Crippen molar-refractivity contribution in [3.05, 3.63) is 41.4 Å². The fraction of sp³-hybridized carbons (Fsp3) is 0.500. The summed E-state index contributed by atoms with van der Waals surface area (Å²) in [4.78, 5) is 29.5. The maximum atomic E-state index is 13.6. The third-order valence-corrected chi connectivity index (χ3v) is 9.01. The number of carbonyl (C=O) groups excluding carboxylic acids is 2. The van der Waals surface area contributed by atoms with Gasteiger partial charge in [0.15, 0.2) is 0 Å². The number of nitrogens with two attached hydrogens (primary N) is 1. The fourth-order valence-electron chi connectivity index (χ4n) is 5.04. The van der Waals surface area contributed by atoms with Crippen LogP contribution in [0.3, 0.4) is 0 Å². The molecule has 2 fully saturated rings. The molecule has 2 aliphatic rings. The molecule has 8 nitrogen and oxygen atoms in total. The van der Waals surface area contributed by atoms with Gasteiger partial charge >= 0.3 is 0 Å². The minimum Gasteiger partial charge on any atom is -0.369 e. The van der Waals surface area contributed by atoms with Crippen molar-refractivity contribution >= 4 is 44.2 Å². The van der Waals surface area contributed by atoms with E-state index in [9.17, 15) is 18.0 Å². The van der Waals surface area contributed by atoms with E-state index in [0.717, 1.165) is 35.6 Å². The van der Waals surface area contributed by atoms with Crippen LogP contribution < -0.4 is 5.73 Å². The van der Waals surface area contributed by atoms with Crippen molar-refractivity contribution in [3.63, 3.8) is 0 Å². The molecule has 4 rings (SSSR count). The zero-order valence-electron chi connectivity index (χ0n) is 19.5. The number of hydrogen-bond acceptors (Lipinski definition) is 5. The molecule has 0 aromatic heterocycles. The first-order valence-electron chi connectivity index (χ1n) is 11.6. The van der Waals surface area contributed by atoms with Crippen LogP contribution in [0.1, 0.15) is 33.1 Å². The number of amides is 2. The molecule has 0 radical (unpaired) electrons. The van der Waals surface area contributed by atoms with Gasteiger partial charge in [-0.2, -0.15) is 4.31 Å². The minimum atomic E-state index is -4.14. The summed E-state index contributed by atoms with van der Waals surface area (Å²) >= 11 is 6.04. The molecule has 2 saturated heterocycles. The van der Waals surface area contributed by atoms with E-state index in [1.54, 1.807) is 29.2 Å². The van der Waals surface area contributed by atoms with Gasteiger partial charge in [-0.15, -0.1) is 0 Å². The number of likely N-dealkylation sites (tertiary alicyclic amines) is 2. The van der Waals surface area contributed by atoms with Crippen LogP contribution in [0.2, 0.25) is 5.02 Å². The summed E-state index contributed by atoms with van der Waals surface area (Å²) in [5.41, 5.74) is 5.42. The number of rotatable bonds is 7. The number of benzene rings is 2. The van der Waals surface area contributed by atoms with Crippen molar-refractivity contribution < 1.29 is 18.0 Å². The van der Waals surface area contributed by atoms with E-state index in [-0.39, 0.29) is 16.8 Å². The minimum absolute atomic E-state index is 0.0139. The van der Waals surface area contributed by atoms with Crippen molar-refractivity contribution in [1.82, 2.24) is 14.1 Å². The predicted molar refractivity (Wildman–Crippen MR) is 132 cm³/mol. The van der Waals surface area contributed by atoms with Gasteiger partial charge in [-0.25, -0.2) is 8.42 Å². The van der Waals surface area contributed by atoms with E-state index < -0.39 is 28.5 Å². The van der Waals surface area contributed by atoms with Crippen LogP contribution in [-0.2, 0) is 19.6 Å². The zero-order chi connectivity index (χ0) is 24.6. The van der Waals surface area contributed by atoms with Gasteiger partial charge in [-0.05, 0) is 68.1 Å². The van der Waals surface area contributed by atoms with Crippen LogP contribution in [0, 0.1) is 0 Å². The summed E-state index contributed by atoms with van der Waals surface area (Å²) in [6.45, 7) is 6.05. The molecule has 2 heterocycles. The highest BCUT2D eigenvalue weighted by Gasteiger charge is 2.45. The third kappa shape index (κ3) is 4.93. The molecule has 2 aromatic carbocycles. The standard InChI is InChI=1S/C24H31ClN4O4S/c1-16(2)27-10-7-20(8-11-27)28-12-9-22(24(28)31)29(15-23(26)30)34(32,33)21-6-4-17-13-19(25)5-3-18(17)14-21/h3-6,13-14,16,20,22H,7-12,15H2,1-2H3,(H2,26,30). The molecule has 2 amide bonds. The second-order valence-corrected chi connectivity index (χ2v) is 11.7. The Morgan fingerprint density at radius 3 is 2.38 bits per heavy atom. The Hall–Kier alpha value is -2.20. The molecule has 0 spiro atoms. The number of piperidine rings is 1. The Morgan fingerprint density at radius 2 is 1.74 bits per heavy atom. The first-order chi connectivity index (χ1) is 16.1. The number of sulfonamides is 1. The lowest BCUT2D eigenvalue weighted by Crippen LogP contribution is -2.52. The molecule has 2 aromatic rings. The Labute approximate surface area is 205 Å². The van der Waals surface area contributed by atoms with Gasteiger partial charge < -0.3 is 15.5 Å². The molecule has 184 valence electrons. The molecule has 0 aliphatic carbocycles. The summed E-state index contributed by atoms with van der Waals surface area (Å²) in [6.07, 6.45) is 2.04. The van der Waals surface area contributed by atoms with Gasteiger partial charge in [-0.3, -0.25) is 9.59 Å². The summed E-state index contributed by atoms with van der Waals surface area (Å²) in [7, 11) is -4.14. The molecular weight excluding hydrogens is 476 g/mol. The number of halogens is 1. The largest absolute Gasteiger partial charge is 0.369 e. The van der Waals surface area contributed by atoms with E-state index in [4.69, 9.17) is 17.3 Å². The van der Waals surface area contributed by atoms with E-state index in [0.29, 0.717) is 29.4 Å². The molecular formula is C24H31ClN4O4S. The van der Waals surface area contributed by atoms with Crippen molar-refractivity contribution in [2.45, 2.75) is 56.1 Å². The summed E-state index contributed by atoms with van der Waals surface area (Å²) in [5.74, 6) is -1.05. The molecule has 2 aliphatic heterocycles. The van der Waals surface area contributed by atoms with Gasteiger partial charge in [-0.1, -0.05) is 23.7 Å². The van der Waals surface area contributed by atoms with Gasteiger partial charge in [0.05, 0.1) is 11.4 Å². The summed E-state index contributed by atoms with van der Waals surface area (Å²) in [5, 5.41) is 2.04. The summed E-state index contributed by atoms with van der Waals surface area (Å²) in [6, 6.07) is 9.44. The lowest BCUT2D eigenvalue weighted by molar-refractivity contribution is -0.134. The highest BCUT2D eigenvalue weighted by atomic mass is 35.5. The third-order valence-electron chi connectivity index (χ3n) is 6.92. The van der Waals surface area contributed by atoms with Crippen LogP contribution in [0.25, 0.3) is 10.8 Å². The quantitative estimate of drug-likeness (QED) is 0.621. The number of nitrogens with zero attached hydrogens (tertiary/aromatic N) is 3. The Balaban J connectivity index is 1.59. The van der Waals surface area contributed by atoms with E-state index in [1.165, 1.54) is 12.1 Å². The van der Waals surface area contributed by atoms with Crippen LogP contribution in [0.4, 0.5) is 0 Å². The van der Waals surface area contributed by atoms with Crippen molar-refractivity contribution in [3.8, 4) is 0 Å².